The van der Waals surface area contributed by atoms with Crippen molar-refractivity contribution in [1.29, 1.82) is 0 Å². The molecule has 0 atom stereocenters. The molecule has 212 valence electrons. The Kier molecular flexibility index (Phi) is 8.05. The van der Waals surface area contributed by atoms with Crippen LogP contribution in [0, 0.1) is 20.8 Å². The number of amides is 1. The summed E-state index contributed by atoms with van der Waals surface area (Å²) >= 11 is 0. The topological polar surface area (TPSA) is 99.0 Å². The molecule has 2 heterocycles. The van der Waals surface area contributed by atoms with Gasteiger partial charge in [-0.15, -0.1) is 0 Å². The van der Waals surface area contributed by atoms with Crippen LogP contribution in [0.4, 0.5) is 17.1 Å². The van der Waals surface area contributed by atoms with Crippen LogP contribution < -0.4 is 20.3 Å². The zero-order chi connectivity index (χ0) is 28.4. The second-order valence-corrected chi connectivity index (χ2v) is 12.5. The van der Waals surface area contributed by atoms with Crippen molar-refractivity contribution in [3.05, 3.63) is 82.9 Å². The number of anilines is 3. The molecule has 0 aromatic heterocycles. The lowest BCUT2D eigenvalue weighted by Crippen LogP contribution is -2.49. The zero-order valence-electron chi connectivity index (χ0n) is 23.6. The Morgan fingerprint density at radius 3 is 2.20 bits per heavy atom. The zero-order valence-corrected chi connectivity index (χ0v) is 24.4. The molecular formula is C31H39N5O3S. The molecule has 0 unspecified atom stereocenters. The largest absolute Gasteiger partial charge is 0.382 e. The fourth-order valence-corrected chi connectivity index (χ4v) is 6.60. The van der Waals surface area contributed by atoms with Crippen LogP contribution in [0.3, 0.4) is 0 Å². The molecule has 0 bridgehead atoms. The first-order valence-electron chi connectivity index (χ1n) is 14.0. The average molecular weight is 562 g/mol. The Hall–Kier alpha value is -3.56. The summed E-state index contributed by atoms with van der Waals surface area (Å²) in [5.74, 6) is 0.00852. The first kappa shape index (κ1) is 28.0. The molecule has 8 nitrogen and oxygen atoms in total. The first-order chi connectivity index (χ1) is 19.1. The molecule has 40 heavy (non-hydrogen) atoms. The number of rotatable bonds is 6. The van der Waals surface area contributed by atoms with Gasteiger partial charge in [-0.05, 0) is 80.6 Å². The Balaban J connectivity index is 1.23. The Bertz CT molecular complexity index is 1490. The van der Waals surface area contributed by atoms with E-state index in [1.807, 2.05) is 22.8 Å². The number of hydrogen-bond donors (Lipinski definition) is 2. The molecule has 2 fully saturated rings. The molecule has 0 saturated carbocycles. The van der Waals surface area contributed by atoms with E-state index < -0.39 is 10.0 Å². The van der Waals surface area contributed by atoms with Gasteiger partial charge in [0.2, 0.25) is 10.0 Å². The smallest absolute Gasteiger partial charge is 0.254 e. The maximum Gasteiger partial charge on any atom is 0.254 e. The number of benzene rings is 3. The molecular weight excluding hydrogens is 522 g/mol. The van der Waals surface area contributed by atoms with Crippen LogP contribution in [0.15, 0.2) is 65.6 Å². The number of nitrogens with one attached hydrogen (secondary N) is 1. The number of carbonyl (C=O) groups is 1. The molecule has 2 aliphatic rings. The maximum atomic E-state index is 13.6. The summed E-state index contributed by atoms with van der Waals surface area (Å²) in [6, 6.07) is 19.9. The van der Waals surface area contributed by atoms with Crippen molar-refractivity contribution in [3.63, 3.8) is 0 Å². The minimum absolute atomic E-state index is 0.00852. The molecule has 9 heteroatoms. The van der Waals surface area contributed by atoms with Crippen molar-refractivity contribution in [2.24, 2.45) is 5.14 Å². The van der Waals surface area contributed by atoms with E-state index in [0.717, 1.165) is 42.7 Å². The molecule has 5 rings (SSSR count). The standard InChI is InChI=1S/C31H39N5O3S/c1-22-7-6-8-26(19-22)34-13-11-25(12-14-34)33-28-21-27(23(2)20-24(28)3)31(37)36-17-15-35(16-18-36)29-9-4-5-10-30(29)40(32,38)39/h4-10,19-21,25,33H,11-18H2,1-3H3,(H2,32,38,39). The lowest BCUT2D eigenvalue weighted by Gasteiger charge is -2.37. The number of primary sulfonamides is 1. The summed E-state index contributed by atoms with van der Waals surface area (Å²) in [5.41, 5.74) is 6.98. The van der Waals surface area contributed by atoms with Gasteiger partial charge in [-0.2, -0.15) is 0 Å². The molecule has 3 N–H and O–H groups in total. The van der Waals surface area contributed by atoms with E-state index in [2.05, 4.69) is 54.4 Å². The van der Waals surface area contributed by atoms with E-state index in [0.29, 0.717) is 43.5 Å². The van der Waals surface area contributed by atoms with Crippen LogP contribution in [0.2, 0.25) is 0 Å². The van der Waals surface area contributed by atoms with Gasteiger partial charge in [-0.25, -0.2) is 13.6 Å². The third-order valence-corrected chi connectivity index (χ3v) is 9.06. The first-order valence-corrected chi connectivity index (χ1v) is 15.5. The van der Waals surface area contributed by atoms with E-state index in [1.165, 1.54) is 17.3 Å². The highest BCUT2D eigenvalue weighted by Crippen LogP contribution is 2.28. The van der Waals surface area contributed by atoms with E-state index in [9.17, 15) is 13.2 Å². The summed E-state index contributed by atoms with van der Waals surface area (Å²) in [6.45, 7) is 10.3. The summed E-state index contributed by atoms with van der Waals surface area (Å²) in [4.78, 5) is 20.0. The normalized spacial score (nSPS) is 16.8. The molecule has 0 spiro atoms. The van der Waals surface area contributed by atoms with E-state index in [-0.39, 0.29) is 10.8 Å². The van der Waals surface area contributed by atoms with Gasteiger partial charge in [0, 0.05) is 62.2 Å². The second kappa shape index (κ2) is 11.5. The highest BCUT2D eigenvalue weighted by molar-refractivity contribution is 7.89. The van der Waals surface area contributed by atoms with Crippen molar-refractivity contribution in [2.75, 3.05) is 54.4 Å². The lowest BCUT2D eigenvalue weighted by atomic mass is 9.99. The number of hydrogen-bond acceptors (Lipinski definition) is 6. The highest BCUT2D eigenvalue weighted by atomic mass is 32.2. The average Bonchev–Trinajstić information content (AvgIpc) is 2.94. The maximum absolute atomic E-state index is 13.6. The minimum Gasteiger partial charge on any atom is -0.382 e. The number of carbonyl (C=O) groups excluding carboxylic acids is 1. The number of sulfonamides is 1. The number of nitrogens with two attached hydrogens (primary N) is 1. The molecule has 1 amide bonds. The van der Waals surface area contributed by atoms with Gasteiger partial charge in [0.1, 0.15) is 4.90 Å². The Morgan fingerprint density at radius 1 is 0.825 bits per heavy atom. The minimum atomic E-state index is -3.83. The number of nitrogens with zero attached hydrogens (tertiary/aromatic N) is 3. The number of piperidine rings is 1. The summed E-state index contributed by atoms with van der Waals surface area (Å²) in [5, 5.41) is 9.17. The van der Waals surface area contributed by atoms with Gasteiger partial charge in [0.25, 0.3) is 5.91 Å². The van der Waals surface area contributed by atoms with Gasteiger partial charge < -0.3 is 20.0 Å². The van der Waals surface area contributed by atoms with Crippen LogP contribution in [0.1, 0.15) is 39.9 Å². The van der Waals surface area contributed by atoms with Gasteiger partial charge >= 0.3 is 0 Å². The van der Waals surface area contributed by atoms with Crippen LogP contribution in [-0.2, 0) is 10.0 Å². The van der Waals surface area contributed by atoms with Gasteiger partial charge in [-0.3, -0.25) is 4.79 Å². The molecule has 3 aromatic rings. The summed E-state index contributed by atoms with van der Waals surface area (Å²) in [6.07, 6.45) is 2.07. The molecule has 2 saturated heterocycles. The molecule has 3 aromatic carbocycles. The molecule has 0 radical (unpaired) electrons. The number of para-hydroxylation sites is 1. The summed E-state index contributed by atoms with van der Waals surface area (Å²) < 4.78 is 24.1. The van der Waals surface area contributed by atoms with Crippen LogP contribution in [-0.4, -0.2) is 64.5 Å². The van der Waals surface area contributed by atoms with Gasteiger partial charge in [0.05, 0.1) is 5.69 Å². The lowest BCUT2D eigenvalue weighted by molar-refractivity contribution is 0.0746. The fourth-order valence-electron chi connectivity index (χ4n) is 5.84. The van der Waals surface area contributed by atoms with Crippen LogP contribution in [0.5, 0.6) is 0 Å². The quantitative estimate of drug-likeness (QED) is 0.466. The van der Waals surface area contributed by atoms with Crippen molar-refractivity contribution >= 4 is 33.0 Å². The van der Waals surface area contributed by atoms with E-state index >= 15 is 0 Å². The highest BCUT2D eigenvalue weighted by Gasteiger charge is 2.27. The van der Waals surface area contributed by atoms with E-state index in [4.69, 9.17) is 5.14 Å². The molecule has 0 aliphatic carbocycles. The van der Waals surface area contributed by atoms with Crippen molar-refractivity contribution in [3.8, 4) is 0 Å². The van der Waals surface area contributed by atoms with E-state index in [1.54, 1.807) is 18.2 Å². The van der Waals surface area contributed by atoms with Crippen molar-refractivity contribution < 1.29 is 13.2 Å². The van der Waals surface area contributed by atoms with Crippen molar-refractivity contribution in [2.45, 2.75) is 44.6 Å². The SMILES string of the molecule is Cc1cccc(N2CCC(Nc3cc(C(=O)N4CCN(c5ccccc5S(N)(=O)=O)CC4)c(C)cc3C)CC2)c1. The fraction of sp³-hybridized carbons (Fsp3) is 0.387. The monoisotopic (exact) mass is 561 g/mol. The second-order valence-electron chi connectivity index (χ2n) is 11.0. The third kappa shape index (κ3) is 6.10. The summed E-state index contributed by atoms with van der Waals surface area (Å²) in [7, 11) is -3.83. The van der Waals surface area contributed by atoms with Crippen LogP contribution in [0.25, 0.3) is 0 Å². The van der Waals surface area contributed by atoms with Crippen LogP contribution >= 0.6 is 0 Å². The number of piperazine rings is 1. The Labute approximate surface area is 237 Å². The van der Waals surface area contributed by atoms with Gasteiger partial charge in [0.15, 0.2) is 0 Å². The number of aryl methyl sites for hydroxylation is 3. The predicted molar refractivity (Wildman–Crippen MR) is 162 cm³/mol. The Morgan fingerprint density at radius 2 is 1.52 bits per heavy atom. The third-order valence-electron chi connectivity index (χ3n) is 8.10. The van der Waals surface area contributed by atoms with Gasteiger partial charge in [-0.1, -0.05) is 30.3 Å². The predicted octanol–water partition coefficient (Wildman–Crippen LogP) is 4.30. The molecule has 2 aliphatic heterocycles. The van der Waals surface area contributed by atoms with Crippen molar-refractivity contribution in [1.82, 2.24) is 4.90 Å².